The van der Waals surface area contributed by atoms with Crippen molar-refractivity contribution in [2.45, 2.75) is 6.61 Å². The van der Waals surface area contributed by atoms with Crippen LogP contribution >= 0.6 is 11.6 Å². The molecule has 3 aromatic carbocycles. The molecular weight excluding hydrogens is 432 g/mol. The highest BCUT2D eigenvalue weighted by molar-refractivity contribution is 6.32. The molecule has 0 aliphatic heterocycles. The topological polar surface area (TPSA) is 74.2 Å². The van der Waals surface area contributed by atoms with Gasteiger partial charge in [-0.15, -0.1) is 0 Å². The van der Waals surface area contributed by atoms with Crippen molar-refractivity contribution in [3.05, 3.63) is 82.4 Å². The average Bonchev–Trinajstić information content (AvgIpc) is 2.82. The lowest BCUT2D eigenvalue weighted by molar-refractivity contribution is 0.104. The highest BCUT2D eigenvalue weighted by Gasteiger charge is 2.17. The van der Waals surface area contributed by atoms with E-state index in [-0.39, 0.29) is 22.9 Å². The highest BCUT2D eigenvalue weighted by Crippen LogP contribution is 2.41. The summed E-state index contributed by atoms with van der Waals surface area (Å²) in [5.74, 6) is 1.42. The maximum absolute atomic E-state index is 12.5. The van der Waals surface area contributed by atoms with Gasteiger partial charge >= 0.3 is 0 Å². The summed E-state index contributed by atoms with van der Waals surface area (Å²) in [5, 5.41) is 10.1. The molecule has 166 valence electrons. The van der Waals surface area contributed by atoms with E-state index in [2.05, 4.69) is 0 Å². The fourth-order valence-electron chi connectivity index (χ4n) is 3.05. The van der Waals surface area contributed by atoms with Gasteiger partial charge in [-0.2, -0.15) is 0 Å². The van der Waals surface area contributed by atoms with E-state index in [4.69, 9.17) is 30.5 Å². The number of phenols is 1. The molecule has 0 radical (unpaired) electrons. The minimum atomic E-state index is -0.399. The first-order valence-corrected chi connectivity index (χ1v) is 10.1. The molecule has 0 saturated heterocycles. The third-order valence-corrected chi connectivity index (χ3v) is 5.04. The molecule has 0 heterocycles. The number of aromatic hydroxyl groups is 1. The van der Waals surface area contributed by atoms with Crippen LogP contribution in [0.15, 0.2) is 60.7 Å². The quantitative estimate of drug-likeness (QED) is 0.337. The lowest BCUT2D eigenvalue weighted by Crippen LogP contribution is -2.01. The standard InChI is InChI=1S/C25H23ClO6/c1-29-18-11-7-16(8-12-18)15-32-25-22(30-2)14-10-17(24(25)31-3)9-13-21(27)19-5-4-6-20(26)23(19)28/h4-14,28H,15H2,1-3H3/b13-9+. The third kappa shape index (κ3) is 5.15. The number of para-hydroxylation sites is 1. The Kier molecular flexibility index (Phi) is 7.63. The Morgan fingerprint density at radius 1 is 0.938 bits per heavy atom. The van der Waals surface area contributed by atoms with E-state index in [1.807, 2.05) is 24.3 Å². The molecule has 0 unspecified atom stereocenters. The largest absolute Gasteiger partial charge is 0.506 e. The molecule has 0 saturated carbocycles. The van der Waals surface area contributed by atoms with Gasteiger partial charge < -0.3 is 24.1 Å². The van der Waals surface area contributed by atoms with Crippen molar-refractivity contribution < 1.29 is 28.8 Å². The second-order valence-electron chi connectivity index (χ2n) is 6.69. The van der Waals surface area contributed by atoms with Crippen LogP contribution in [0.2, 0.25) is 5.02 Å². The molecule has 3 aromatic rings. The molecule has 0 aliphatic carbocycles. The zero-order valence-electron chi connectivity index (χ0n) is 17.9. The van der Waals surface area contributed by atoms with Gasteiger partial charge in [0.05, 0.1) is 31.9 Å². The summed E-state index contributed by atoms with van der Waals surface area (Å²) in [6.07, 6.45) is 2.92. The molecule has 32 heavy (non-hydrogen) atoms. The Labute approximate surface area is 191 Å². The summed E-state index contributed by atoms with van der Waals surface area (Å²) < 4.78 is 22.2. The van der Waals surface area contributed by atoms with Crippen LogP contribution in [0.25, 0.3) is 6.08 Å². The molecule has 3 rings (SSSR count). The van der Waals surface area contributed by atoms with Crippen molar-refractivity contribution >= 4 is 23.5 Å². The van der Waals surface area contributed by atoms with Crippen molar-refractivity contribution in [2.75, 3.05) is 21.3 Å². The molecule has 0 fully saturated rings. The number of allylic oxidation sites excluding steroid dienone is 1. The first-order chi connectivity index (χ1) is 15.5. The van der Waals surface area contributed by atoms with Gasteiger partial charge in [-0.25, -0.2) is 0 Å². The Hall–Kier alpha value is -3.64. The Bertz CT molecular complexity index is 1120. The Morgan fingerprint density at radius 3 is 2.34 bits per heavy atom. The van der Waals surface area contributed by atoms with Crippen LogP contribution in [0.4, 0.5) is 0 Å². The van der Waals surface area contributed by atoms with Crippen LogP contribution in [0.3, 0.4) is 0 Å². The van der Waals surface area contributed by atoms with Crippen molar-refractivity contribution in [2.24, 2.45) is 0 Å². The predicted octanol–water partition coefficient (Wildman–Crippen LogP) is 5.55. The molecule has 0 aliphatic rings. The van der Waals surface area contributed by atoms with Crippen LogP contribution in [0.5, 0.6) is 28.7 Å². The molecule has 6 nitrogen and oxygen atoms in total. The summed E-state index contributed by atoms with van der Waals surface area (Å²) in [6.45, 7) is 0.277. The van der Waals surface area contributed by atoms with Crippen LogP contribution in [-0.2, 0) is 6.61 Å². The first kappa shape index (κ1) is 23.0. The maximum atomic E-state index is 12.5. The van der Waals surface area contributed by atoms with E-state index < -0.39 is 5.78 Å². The van der Waals surface area contributed by atoms with Crippen molar-refractivity contribution in [3.63, 3.8) is 0 Å². The number of carbonyl (C=O) groups excluding carboxylic acids is 1. The molecule has 0 amide bonds. The Balaban J connectivity index is 1.87. The smallest absolute Gasteiger partial charge is 0.204 e. The summed E-state index contributed by atoms with van der Waals surface area (Å²) >= 11 is 5.90. The van der Waals surface area contributed by atoms with Crippen LogP contribution in [0.1, 0.15) is 21.5 Å². The highest BCUT2D eigenvalue weighted by atomic mass is 35.5. The van der Waals surface area contributed by atoms with Crippen molar-refractivity contribution in [1.29, 1.82) is 0 Å². The van der Waals surface area contributed by atoms with Crippen LogP contribution < -0.4 is 18.9 Å². The Morgan fingerprint density at radius 2 is 1.69 bits per heavy atom. The number of phenolic OH excluding ortho intramolecular Hbond substituents is 1. The number of carbonyl (C=O) groups is 1. The van der Waals surface area contributed by atoms with Gasteiger partial charge in [-0.3, -0.25) is 4.79 Å². The first-order valence-electron chi connectivity index (χ1n) is 9.69. The summed E-state index contributed by atoms with van der Waals surface area (Å²) in [7, 11) is 4.66. The molecule has 7 heteroatoms. The number of ketones is 1. The minimum absolute atomic E-state index is 0.109. The van der Waals surface area contributed by atoms with Crippen molar-refractivity contribution in [3.8, 4) is 28.7 Å². The van der Waals surface area contributed by atoms with Gasteiger partial charge in [-0.05, 0) is 54.1 Å². The SMILES string of the molecule is COc1ccc(COc2c(OC)ccc(/C=C/C(=O)c3cccc(Cl)c3O)c2OC)cc1. The zero-order chi connectivity index (χ0) is 23.1. The number of ether oxygens (including phenoxy) is 4. The minimum Gasteiger partial charge on any atom is -0.506 e. The number of benzene rings is 3. The van der Waals surface area contributed by atoms with Gasteiger partial charge in [0, 0.05) is 5.56 Å². The lowest BCUT2D eigenvalue weighted by Gasteiger charge is -2.16. The van der Waals surface area contributed by atoms with Gasteiger partial charge in [0.1, 0.15) is 18.1 Å². The second kappa shape index (κ2) is 10.6. The maximum Gasteiger partial charge on any atom is 0.204 e. The molecule has 0 bridgehead atoms. The predicted molar refractivity (Wildman–Crippen MR) is 123 cm³/mol. The number of hydrogen-bond donors (Lipinski definition) is 1. The van der Waals surface area contributed by atoms with Gasteiger partial charge in [-0.1, -0.05) is 29.8 Å². The summed E-state index contributed by atoms with van der Waals surface area (Å²) in [4.78, 5) is 12.5. The molecule has 0 atom stereocenters. The summed E-state index contributed by atoms with van der Waals surface area (Å²) in [5.41, 5.74) is 1.65. The molecular formula is C25H23ClO6. The number of methoxy groups -OCH3 is 3. The normalized spacial score (nSPS) is 10.8. The average molecular weight is 455 g/mol. The second-order valence-corrected chi connectivity index (χ2v) is 7.10. The van der Waals surface area contributed by atoms with E-state index in [0.29, 0.717) is 22.8 Å². The van der Waals surface area contributed by atoms with Crippen LogP contribution in [0, 0.1) is 0 Å². The molecule has 1 N–H and O–H groups in total. The lowest BCUT2D eigenvalue weighted by atomic mass is 10.1. The fraction of sp³-hybridized carbons (Fsp3) is 0.160. The number of rotatable bonds is 9. The zero-order valence-corrected chi connectivity index (χ0v) is 18.7. The number of halogens is 1. The molecule has 0 aromatic heterocycles. The van der Waals surface area contributed by atoms with E-state index >= 15 is 0 Å². The van der Waals surface area contributed by atoms with E-state index in [1.165, 1.54) is 32.4 Å². The third-order valence-electron chi connectivity index (χ3n) is 4.74. The van der Waals surface area contributed by atoms with Gasteiger partial charge in [0.15, 0.2) is 17.3 Å². The van der Waals surface area contributed by atoms with E-state index in [9.17, 15) is 9.90 Å². The van der Waals surface area contributed by atoms with Crippen molar-refractivity contribution in [1.82, 2.24) is 0 Å². The van der Waals surface area contributed by atoms with E-state index in [0.717, 1.165) is 11.3 Å². The molecule has 0 spiro atoms. The fourth-order valence-corrected chi connectivity index (χ4v) is 3.22. The number of hydrogen-bond acceptors (Lipinski definition) is 6. The monoisotopic (exact) mass is 454 g/mol. The summed E-state index contributed by atoms with van der Waals surface area (Å²) in [6, 6.07) is 15.6. The van der Waals surface area contributed by atoms with Gasteiger partial charge in [0.2, 0.25) is 5.75 Å². The van der Waals surface area contributed by atoms with E-state index in [1.54, 1.807) is 31.4 Å². The van der Waals surface area contributed by atoms with Crippen LogP contribution in [-0.4, -0.2) is 32.2 Å². The van der Waals surface area contributed by atoms with Gasteiger partial charge in [0.25, 0.3) is 0 Å².